The maximum absolute atomic E-state index is 13.1. The molecular weight excluding hydrogens is 483 g/mol. The molecule has 0 unspecified atom stereocenters. The number of hydrogen-bond donors (Lipinski definition) is 2. The van der Waals surface area contributed by atoms with Gasteiger partial charge in [-0.1, -0.05) is 15.9 Å². The van der Waals surface area contributed by atoms with E-state index in [0.717, 1.165) is 42.5 Å². The molecule has 1 saturated heterocycles. The van der Waals surface area contributed by atoms with Crippen LogP contribution >= 0.6 is 28.1 Å². The molecule has 1 heterocycles. The number of ether oxygens (including phenoxy) is 1. The highest BCUT2D eigenvalue weighted by Gasteiger charge is 2.32. The Morgan fingerprint density at radius 1 is 1.13 bits per heavy atom. The highest BCUT2D eigenvalue weighted by molar-refractivity contribution is 9.10. The lowest BCUT2D eigenvalue weighted by Gasteiger charge is -2.23. The highest BCUT2D eigenvalue weighted by Crippen LogP contribution is 2.36. The fourth-order valence-corrected chi connectivity index (χ4v) is 3.53. The summed E-state index contributed by atoms with van der Waals surface area (Å²) in [6.45, 7) is 1.21. The maximum atomic E-state index is 13.1. The van der Waals surface area contributed by atoms with Crippen molar-refractivity contribution in [1.29, 1.82) is 0 Å². The van der Waals surface area contributed by atoms with Gasteiger partial charge in [-0.2, -0.15) is 13.2 Å². The van der Waals surface area contributed by atoms with Crippen LogP contribution in [-0.2, 0) is 11.0 Å². The molecule has 0 radical (unpaired) electrons. The van der Waals surface area contributed by atoms with Gasteiger partial charge in [0.25, 0.3) is 5.91 Å². The van der Waals surface area contributed by atoms with Crippen molar-refractivity contribution < 1.29 is 22.7 Å². The predicted octanol–water partition coefficient (Wildman–Crippen LogP) is 4.96. The average Bonchev–Trinajstić information content (AvgIpc) is 3.21. The summed E-state index contributed by atoms with van der Waals surface area (Å²) < 4.78 is 45.7. The monoisotopic (exact) mass is 501 g/mol. The molecule has 1 aliphatic heterocycles. The molecule has 2 N–H and O–H groups in total. The molecule has 0 bridgehead atoms. The zero-order valence-electron chi connectivity index (χ0n) is 15.8. The van der Waals surface area contributed by atoms with E-state index < -0.39 is 17.6 Å². The number of carbonyl (C=O) groups is 1. The number of hydrogen-bond acceptors (Lipinski definition) is 4. The molecule has 160 valence electrons. The predicted molar refractivity (Wildman–Crippen MR) is 117 cm³/mol. The van der Waals surface area contributed by atoms with Crippen molar-refractivity contribution in [2.24, 2.45) is 0 Å². The van der Waals surface area contributed by atoms with Crippen LogP contribution in [-0.4, -0.2) is 30.7 Å². The summed E-state index contributed by atoms with van der Waals surface area (Å²) >= 11 is 8.43. The smallest absolute Gasteiger partial charge is 0.416 e. The van der Waals surface area contributed by atoms with Gasteiger partial charge in [0.05, 0.1) is 16.9 Å². The second-order valence-corrected chi connectivity index (χ2v) is 7.99. The van der Waals surface area contributed by atoms with Gasteiger partial charge in [0.1, 0.15) is 5.75 Å². The van der Waals surface area contributed by atoms with E-state index >= 15 is 0 Å². The van der Waals surface area contributed by atoms with E-state index in [2.05, 4.69) is 26.6 Å². The van der Waals surface area contributed by atoms with Crippen molar-refractivity contribution in [1.82, 2.24) is 5.32 Å². The average molecular weight is 502 g/mol. The lowest BCUT2D eigenvalue weighted by atomic mass is 10.1. The Bertz CT molecular complexity index is 917. The molecule has 1 aliphatic rings. The van der Waals surface area contributed by atoms with Crippen molar-refractivity contribution >= 4 is 50.5 Å². The Hall–Kier alpha value is -2.33. The van der Waals surface area contributed by atoms with Crippen LogP contribution in [0.3, 0.4) is 0 Å². The van der Waals surface area contributed by atoms with E-state index in [1.165, 1.54) is 6.07 Å². The van der Waals surface area contributed by atoms with Crippen LogP contribution in [0.1, 0.15) is 18.4 Å². The molecule has 0 spiro atoms. The van der Waals surface area contributed by atoms with Crippen molar-refractivity contribution in [3.63, 3.8) is 0 Å². The van der Waals surface area contributed by atoms with Gasteiger partial charge >= 0.3 is 6.18 Å². The van der Waals surface area contributed by atoms with Gasteiger partial charge in [-0.15, -0.1) is 0 Å². The third kappa shape index (κ3) is 6.09. The molecule has 1 amide bonds. The molecule has 0 aliphatic carbocycles. The van der Waals surface area contributed by atoms with Gasteiger partial charge in [0, 0.05) is 17.6 Å². The molecule has 3 rings (SSSR count). The Morgan fingerprint density at radius 3 is 2.43 bits per heavy atom. The summed E-state index contributed by atoms with van der Waals surface area (Å²) in [6.07, 6.45) is -2.55. The van der Waals surface area contributed by atoms with E-state index in [-0.39, 0.29) is 17.4 Å². The number of nitrogens with zero attached hydrogens (tertiary/aromatic N) is 1. The number of benzene rings is 2. The second-order valence-electron chi connectivity index (χ2n) is 6.67. The number of nitrogens with one attached hydrogen (secondary N) is 2. The maximum Gasteiger partial charge on any atom is 0.416 e. The fraction of sp³-hybridized carbons (Fsp3) is 0.300. The summed E-state index contributed by atoms with van der Waals surface area (Å²) in [5.74, 6) is -0.0217. The molecule has 0 saturated carbocycles. The minimum atomic E-state index is -4.48. The minimum Gasteiger partial charge on any atom is -0.484 e. The standard InChI is InChI=1S/C20H19BrF3N3O2S/c21-14-4-6-15(7-5-14)29-12-18(28)26-19(30)25-16-11-13(20(22,23)24)3-8-17(16)27-9-1-2-10-27/h3-8,11H,1-2,9-10,12H2,(H2,25,26,28,30). The third-order valence-corrected chi connectivity index (χ3v) is 5.19. The Balaban J connectivity index is 1.65. The Kier molecular flexibility index (Phi) is 7.19. The first kappa shape index (κ1) is 22.4. The molecule has 30 heavy (non-hydrogen) atoms. The molecule has 0 aromatic heterocycles. The Labute approximate surface area is 185 Å². The van der Waals surface area contributed by atoms with E-state index in [9.17, 15) is 18.0 Å². The van der Waals surface area contributed by atoms with Crippen LogP contribution in [0.2, 0.25) is 0 Å². The number of amides is 1. The molecule has 1 fully saturated rings. The van der Waals surface area contributed by atoms with Crippen molar-refractivity contribution in [2.75, 3.05) is 29.9 Å². The number of alkyl halides is 3. The van der Waals surface area contributed by atoms with Gasteiger partial charge in [0.15, 0.2) is 11.7 Å². The summed E-state index contributed by atoms with van der Waals surface area (Å²) in [7, 11) is 0. The van der Waals surface area contributed by atoms with Crippen LogP contribution in [0.5, 0.6) is 5.75 Å². The van der Waals surface area contributed by atoms with Crippen LogP contribution in [0.25, 0.3) is 0 Å². The number of carbonyl (C=O) groups excluding carboxylic acids is 1. The summed E-state index contributed by atoms with van der Waals surface area (Å²) in [4.78, 5) is 14.1. The molecule has 2 aromatic carbocycles. The quantitative estimate of drug-likeness (QED) is 0.567. The first-order valence-electron chi connectivity index (χ1n) is 9.18. The zero-order chi connectivity index (χ0) is 21.7. The van der Waals surface area contributed by atoms with Crippen LogP contribution < -0.4 is 20.3 Å². The van der Waals surface area contributed by atoms with Gasteiger partial charge < -0.3 is 15.0 Å². The van der Waals surface area contributed by atoms with Crippen molar-refractivity contribution in [3.8, 4) is 5.75 Å². The van der Waals surface area contributed by atoms with Gasteiger partial charge in [-0.25, -0.2) is 0 Å². The van der Waals surface area contributed by atoms with Gasteiger partial charge in [-0.05, 0) is 67.5 Å². The largest absolute Gasteiger partial charge is 0.484 e. The third-order valence-electron chi connectivity index (χ3n) is 4.46. The molecule has 10 heteroatoms. The molecular formula is C20H19BrF3N3O2S. The molecule has 0 atom stereocenters. The van der Waals surface area contributed by atoms with Gasteiger partial charge in [-0.3, -0.25) is 10.1 Å². The van der Waals surface area contributed by atoms with Crippen molar-refractivity contribution in [2.45, 2.75) is 19.0 Å². The first-order chi connectivity index (χ1) is 14.2. The normalized spacial score (nSPS) is 13.8. The van der Waals surface area contributed by atoms with E-state index in [1.54, 1.807) is 24.3 Å². The van der Waals surface area contributed by atoms with E-state index in [4.69, 9.17) is 17.0 Å². The lowest BCUT2D eigenvalue weighted by Crippen LogP contribution is -2.37. The second kappa shape index (κ2) is 9.65. The fourth-order valence-electron chi connectivity index (χ4n) is 3.04. The van der Waals surface area contributed by atoms with Crippen LogP contribution in [0, 0.1) is 0 Å². The minimum absolute atomic E-state index is 0.0980. The van der Waals surface area contributed by atoms with Crippen molar-refractivity contribution in [3.05, 3.63) is 52.5 Å². The summed E-state index contributed by atoms with van der Waals surface area (Å²) in [5.41, 5.74) is 0.0229. The van der Waals surface area contributed by atoms with E-state index in [0.29, 0.717) is 11.4 Å². The Morgan fingerprint density at radius 2 is 1.80 bits per heavy atom. The molecule has 2 aromatic rings. The topological polar surface area (TPSA) is 53.6 Å². The SMILES string of the molecule is O=C(COc1ccc(Br)cc1)NC(=S)Nc1cc(C(F)(F)F)ccc1N1CCCC1. The number of thiocarbonyl (C=S) groups is 1. The summed E-state index contributed by atoms with van der Waals surface area (Å²) in [6, 6.07) is 10.4. The first-order valence-corrected chi connectivity index (χ1v) is 10.4. The zero-order valence-corrected chi connectivity index (χ0v) is 18.2. The number of anilines is 2. The van der Waals surface area contributed by atoms with Crippen LogP contribution in [0.15, 0.2) is 46.9 Å². The number of halogens is 4. The van der Waals surface area contributed by atoms with E-state index in [1.807, 2.05) is 4.90 Å². The van der Waals surface area contributed by atoms with Crippen LogP contribution in [0.4, 0.5) is 24.5 Å². The van der Waals surface area contributed by atoms with Gasteiger partial charge in [0.2, 0.25) is 0 Å². The summed E-state index contributed by atoms with van der Waals surface area (Å²) in [5, 5.41) is 5.07. The lowest BCUT2D eigenvalue weighted by molar-refractivity contribution is -0.137. The number of rotatable bonds is 5. The molecule has 5 nitrogen and oxygen atoms in total. The highest BCUT2D eigenvalue weighted by atomic mass is 79.9.